The Hall–Kier alpha value is -1.11. The second-order valence-corrected chi connectivity index (χ2v) is 2.78. The van der Waals surface area contributed by atoms with Crippen molar-refractivity contribution < 1.29 is 22.8 Å². The second-order valence-electron chi connectivity index (χ2n) is 2.78. The van der Waals surface area contributed by atoms with Gasteiger partial charge >= 0.3 is 6.18 Å². The first-order valence-corrected chi connectivity index (χ1v) is 4.01. The maximum Gasteiger partial charge on any atom is 0.455 e. The number of hydrogen-bond acceptors (Lipinski definition) is 4. The fourth-order valence-corrected chi connectivity index (χ4v) is 0.799. The lowest BCUT2D eigenvalue weighted by Crippen LogP contribution is -2.10. The first-order chi connectivity index (χ1) is 6.43. The van der Waals surface area contributed by atoms with Crippen LogP contribution in [0.5, 0.6) is 0 Å². The number of rotatable bonds is 3. The Morgan fingerprint density at radius 3 is 2.57 bits per heavy atom. The highest BCUT2D eigenvalue weighted by atomic mass is 19.4. The van der Waals surface area contributed by atoms with Crippen LogP contribution in [-0.4, -0.2) is 21.4 Å². The van der Waals surface area contributed by atoms with E-state index in [-0.39, 0.29) is 12.3 Å². The summed E-state index contributed by atoms with van der Waals surface area (Å²) in [5.41, 5.74) is 0. The average molecular weight is 210 g/mol. The molecule has 0 aliphatic carbocycles. The summed E-state index contributed by atoms with van der Waals surface area (Å²) in [6.45, 7) is 1.70. The minimum absolute atomic E-state index is 0.0560. The van der Waals surface area contributed by atoms with Crippen molar-refractivity contribution in [3.8, 4) is 0 Å². The van der Waals surface area contributed by atoms with E-state index in [1.807, 2.05) is 0 Å². The van der Waals surface area contributed by atoms with Crippen molar-refractivity contribution in [2.75, 3.05) is 0 Å². The Balaban J connectivity index is 2.69. The Labute approximate surface area is 77.7 Å². The van der Waals surface area contributed by atoms with E-state index in [9.17, 15) is 13.2 Å². The lowest BCUT2D eigenvalue weighted by atomic mass is 10.2. The van der Waals surface area contributed by atoms with E-state index >= 15 is 0 Å². The second kappa shape index (κ2) is 3.95. The zero-order valence-corrected chi connectivity index (χ0v) is 7.38. The van der Waals surface area contributed by atoms with Gasteiger partial charge in [0, 0.05) is 0 Å². The third-order valence-corrected chi connectivity index (χ3v) is 1.60. The summed E-state index contributed by atoms with van der Waals surface area (Å²) in [6, 6.07) is 0. The van der Waals surface area contributed by atoms with Gasteiger partial charge in [-0.15, -0.1) is 0 Å². The topological polar surface area (TPSA) is 59.2 Å². The van der Waals surface area contributed by atoms with Crippen LogP contribution in [0.4, 0.5) is 13.2 Å². The SMILES string of the molecule is CCC(O)Cc1nc(C(F)(F)F)no1. The highest BCUT2D eigenvalue weighted by Crippen LogP contribution is 2.26. The molecule has 1 N–H and O–H groups in total. The maximum absolute atomic E-state index is 12.0. The minimum atomic E-state index is -4.60. The molecule has 0 saturated carbocycles. The molecule has 1 unspecified atom stereocenters. The summed E-state index contributed by atoms with van der Waals surface area (Å²) in [4.78, 5) is 3.11. The number of aliphatic hydroxyl groups is 1. The van der Waals surface area contributed by atoms with E-state index < -0.39 is 18.1 Å². The lowest BCUT2D eigenvalue weighted by molar-refractivity contribution is -0.146. The monoisotopic (exact) mass is 210 g/mol. The highest BCUT2D eigenvalue weighted by Gasteiger charge is 2.37. The first kappa shape index (κ1) is 11.0. The number of nitrogens with zero attached hydrogens (tertiary/aromatic N) is 2. The molecule has 1 atom stereocenters. The van der Waals surface area contributed by atoms with Crippen LogP contribution in [0.25, 0.3) is 0 Å². The summed E-state index contributed by atoms with van der Waals surface area (Å²) in [5, 5.41) is 11.9. The summed E-state index contributed by atoms with van der Waals surface area (Å²) in [5.74, 6) is -1.51. The average Bonchev–Trinajstić information content (AvgIpc) is 2.51. The van der Waals surface area contributed by atoms with Crippen LogP contribution >= 0.6 is 0 Å². The molecule has 1 aromatic heterocycles. The number of hydrogen-bond donors (Lipinski definition) is 1. The third-order valence-electron chi connectivity index (χ3n) is 1.60. The summed E-state index contributed by atoms with van der Waals surface area (Å²) >= 11 is 0. The first-order valence-electron chi connectivity index (χ1n) is 4.01. The molecule has 0 aromatic carbocycles. The van der Waals surface area contributed by atoms with Gasteiger partial charge in [0.25, 0.3) is 5.82 Å². The van der Waals surface area contributed by atoms with Gasteiger partial charge in [-0.25, -0.2) is 0 Å². The van der Waals surface area contributed by atoms with Gasteiger partial charge in [0.2, 0.25) is 5.89 Å². The summed E-state index contributed by atoms with van der Waals surface area (Å²) in [6.07, 6.45) is -4.99. The van der Waals surface area contributed by atoms with E-state index in [4.69, 9.17) is 5.11 Å². The molecular formula is C7H9F3N2O2. The molecule has 4 nitrogen and oxygen atoms in total. The molecular weight excluding hydrogens is 201 g/mol. The van der Waals surface area contributed by atoms with E-state index in [1.165, 1.54) is 0 Å². The predicted octanol–water partition coefficient (Wildman–Crippen LogP) is 1.40. The van der Waals surface area contributed by atoms with Gasteiger partial charge < -0.3 is 9.63 Å². The fraction of sp³-hybridized carbons (Fsp3) is 0.714. The van der Waals surface area contributed by atoms with Gasteiger partial charge in [-0.3, -0.25) is 0 Å². The minimum Gasteiger partial charge on any atom is -0.393 e. The predicted molar refractivity (Wildman–Crippen MR) is 39.3 cm³/mol. The number of halogens is 3. The van der Waals surface area contributed by atoms with Gasteiger partial charge in [0.1, 0.15) is 0 Å². The number of aliphatic hydroxyl groups excluding tert-OH is 1. The molecule has 14 heavy (non-hydrogen) atoms. The van der Waals surface area contributed by atoms with E-state index in [0.717, 1.165) is 0 Å². The molecule has 1 aromatic rings. The molecule has 1 heterocycles. The van der Waals surface area contributed by atoms with E-state index in [1.54, 1.807) is 6.92 Å². The molecule has 0 amide bonds. The number of aromatic nitrogens is 2. The Morgan fingerprint density at radius 2 is 2.14 bits per heavy atom. The van der Waals surface area contributed by atoms with Crippen LogP contribution in [0.15, 0.2) is 4.52 Å². The van der Waals surface area contributed by atoms with Crippen molar-refractivity contribution in [1.82, 2.24) is 10.1 Å². The van der Waals surface area contributed by atoms with Crippen LogP contribution in [0.2, 0.25) is 0 Å². The zero-order valence-electron chi connectivity index (χ0n) is 7.38. The molecule has 7 heteroatoms. The third kappa shape index (κ3) is 2.69. The van der Waals surface area contributed by atoms with Crippen LogP contribution in [0.3, 0.4) is 0 Å². The normalized spacial score (nSPS) is 14.4. The van der Waals surface area contributed by atoms with Gasteiger partial charge in [0.15, 0.2) is 0 Å². The standard InChI is InChI=1S/C7H9F3N2O2/c1-2-4(13)3-5-11-6(12-14-5)7(8,9)10/h4,13H,2-3H2,1H3. The fourth-order valence-electron chi connectivity index (χ4n) is 0.799. The van der Waals surface area contributed by atoms with Crippen molar-refractivity contribution in [1.29, 1.82) is 0 Å². The molecule has 0 fully saturated rings. The quantitative estimate of drug-likeness (QED) is 0.819. The molecule has 0 saturated heterocycles. The zero-order chi connectivity index (χ0) is 10.8. The van der Waals surface area contributed by atoms with E-state index in [0.29, 0.717) is 6.42 Å². The van der Waals surface area contributed by atoms with Crippen LogP contribution in [0, 0.1) is 0 Å². The molecule has 0 spiro atoms. The lowest BCUT2D eigenvalue weighted by Gasteiger charge is -2.01. The summed E-state index contributed by atoms with van der Waals surface area (Å²) in [7, 11) is 0. The van der Waals surface area contributed by atoms with Crippen molar-refractivity contribution in [2.45, 2.75) is 32.0 Å². The largest absolute Gasteiger partial charge is 0.455 e. The van der Waals surface area contributed by atoms with Gasteiger partial charge in [-0.1, -0.05) is 12.1 Å². The van der Waals surface area contributed by atoms with Gasteiger partial charge in [-0.05, 0) is 6.42 Å². The molecule has 1 rings (SSSR count). The van der Waals surface area contributed by atoms with Crippen LogP contribution in [0.1, 0.15) is 25.1 Å². The summed E-state index contributed by atoms with van der Waals surface area (Å²) < 4.78 is 40.2. The van der Waals surface area contributed by atoms with Crippen LogP contribution < -0.4 is 0 Å². The van der Waals surface area contributed by atoms with Gasteiger partial charge in [0.05, 0.1) is 12.5 Å². The van der Waals surface area contributed by atoms with Crippen molar-refractivity contribution >= 4 is 0 Å². The molecule has 0 bridgehead atoms. The number of alkyl halides is 3. The van der Waals surface area contributed by atoms with Crippen molar-refractivity contribution in [3.63, 3.8) is 0 Å². The Kier molecular flexibility index (Phi) is 3.10. The Morgan fingerprint density at radius 1 is 1.50 bits per heavy atom. The molecule has 0 aliphatic rings. The smallest absolute Gasteiger partial charge is 0.393 e. The maximum atomic E-state index is 12.0. The highest BCUT2D eigenvalue weighted by molar-refractivity contribution is 4.91. The van der Waals surface area contributed by atoms with E-state index in [2.05, 4.69) is 14.7 Å². The van der Waals surface area contributed by atoms with Gasteiger partial charge in [-0.2, -0.15) is 18.2 Å². The van der Waals surface area contributed by atoms with Crippen molar-refractivity contribution in [2.24, 2.45) is 0 Å². The van der Waals surface area contributed by atoms with Crippen molar-refractivity contribution in [3.05, 3.63) is 11.7 Å². The molecule has 80 valence electrons. The molecule has 0 aliphatic heterocycles. The molecule has 0 radical (unpaired) electrons. The van der Waals surface area contributed by atoms with Crippen LogP contribution in [-0.2, 0) is 12.6 Å². The Bertz CT molecular complexity index is 297.